The number of amides is 2. The lowest BCUT2D eigenvalue weighted by Gasteiger charge is -2.16. The molecule has 7 heteroatoms. The molecular weight excluding hydrogens is 402 g/mol. The first-order chi connectivity index (χ1) is 14.9. The second-order valence-corrected chi connectivity index (χ2v) is 6.96. The first-order valence-corrected chi connectivity index (χ1v) is 9.46. The van der Waals surface area contributed by atoms with E-state index in [9.17, 15) is 18.4 Å². The Morgan fingerprint density at radius 2 is 1.61 bits per heavy atom. The number of benzene rings is 3. The Morgan fingerprint density at radius 3 is 2.29 bits per heavy atom. The van der Waals surface area contributed by atoms with Crippen molar-refractivity contribution < 1.29 is 23.1 Å². The standard InChI is InChI=1S/C24H18F2N2O3/c1-14-5-3-4-6-19(14)27-22-21(15-7-10-17(31-2)11-8-15)23(29)28(24(22)30)20-13-16(25)9-12-18(20)26/h3-13,27H,1-2H3. The number of anilines is 2. The summed E-state index contributed by atoms with van der Waals surface area (Å²) >= 11 is 0. The fourth-order valence-electron chi connectivity index (χ4n) is 3.39. The Labute approximate surface area is 177 Å². The third-order valence-corrected chi connectivity index (χ3v) is 5.02. The van der Waals surface area contributed by atoms with E-state index >= 15 is 0 Å². The Hall–Kier alpha value is -4.00. The summed E-state index contributed by atoms with van der Waals surface area (Å²) in [7, 11) is 1.51. The Bertz CT molecular complexity index is 1220. The van der Waals surface area contributed by atoms with Gasteiger partial charge in [0.05, 0.1) is 18.4 Å². The van der Waals surface area contributed by atoms with Crippen LogP contribution in [-0.2, 0) is 9.59 Å². The molecule has 2 amide bonds. The number of methoxy groups -OCH3 is 1. The molecule has 0 atom stereocenters. The van der Waals surface area contributed by atoms with Crippen molar-refractivity contribution >= 4 is 28.8 Å². The SMILES string of the molecule is COc1ccc(C2=C(Nc3ccccc3C)C(=O)N(c3cc(F)ccc3F)C2=O)cc1. The number of carbonyl (C=O) groups excluding carboxylic acids is 2. The number of ether oxygens (including phenoxy) is 1. The average molecular weight is 420 g/mol. The molecule has 3 aromatic carbocycles. The fraction of sp³-hybridized carbons (Fsp3) is 0.0833. The van der Waals surface area contributed by atoms with Gasteiger partial charge in [0, 0.05) is 11.8 Å². The molecule has 4 rings (SSSR count). The molecule has 0 saturated heterocycles. The van der Waals surface area contributed by atoms with Gasteiger partial charge in [-0.1, -0.05) is 30.3 Å². The van der Waals surface area contributed by atoms with Crippen LogP contribution in [0.15, 0.2) is 72.4 Å². The molecule has 0 aliphatic carbocycles. The normalized spacial score (nSPS) is 13.7. The van der Waals surface area contributed by atoms with Crippen LogP contribution in [0.25, 0.3) is 5.57 Å². The summed E-state index contributed by atoms with van der Waals surface area (Å²) in [6.07, 6.45) is 0. The fourth-order valence-corrected chi connectivity index (χ4v) is 3.39. The Balaban J connectivity index is 1.86. The highest BCUT2D eigenvalue weighted by molar-refractivity contribution is 6.46. The van der Waals surface area contributed by atoms with Crippen LogP contribution in [0, 0.1) is 18.6 Å². The quantitative estimate of drug-likeness (QED) is 0.609. The number of halogens is 2. The molecule has 0 fully saturated rings. The van der Waals surface area contributed by atoms with Gasteiger partial charge in [0.1, 0.15) is 23.1 Å². The van der Waals surface area contributed by atoms with Crippen LogP contribution >= 0.6 is 0 Å². The number of aryl methyl sites for hydroxylation is 1. The van der Waals surface area contributed by atoms with Gasteiger partial charge in [0.25, 0.3) is 11.8 Å². The van der Waals surface area contributed by atoms with Gasteiger partial charge in [0.2, 0.25) is 0 Å². The van der Waals surface area contributed by atoms with Crippen molar-refractivity contribution in [2.24, 2.45) is 0 Å². The Morgan fingerprint density at radius 1 is 0.903 bits per heavy atom. The molecule has 3 aromatic rings. The van der Waals surface area contributed by atoms with Crippen LogP contribution in [-0.4, -0.2) is 18.9 Å². The minimum atomic E-state index is -0.880. The summed E-state index contributed by atoms with van der Waals surface area (Å²) in [5.41, 5.74) is 1.50. The molecule has 0 radical (unpaired) electrons. The molecule has 5 nitrogen and oxygen atoms in total. The smallest absolute Gasteiger partial charge is 0.282 e. The predicted molar refractivity (Wildman–Crippen MR) is 114 cm³/mol. The molecule has 0 unspecified atom stereocenters. The zero-order valence-corrected chi connectivity index (χ0v) is 16.8. The van der Waals surface area contributed by atoms with Crippen molar-refractivity contribution in [3.63, 3.8) is 0 Å². The molecule has 1 aliphatic rings. The molecule has 0 aromatic heterocycles. The minimum Gasteiger partial charge on any atom is -0.497 e. The highest BCUT2D eigenvalue weighted by Gasteiger charge is 2.41. The van der Waals surface area contributed by atoms with Crippen molar-refractivity contribution in [1.29, 1.82) is 0 Å². The second-order valence-electron chi connectivity index (χ2n) is 6.96. The number of carbonyl (C=O) groups is 2. The Kier molecular flexibility index (Phi) is 5.25. The zero-order chi connectivity index (χ0) is 22.1. The molecule has 0 bridgehead atoms. The number of nitrogens with zero attached hydrogens (tertiary/aromatic N) is 1. The van der Waals surface area contributed by atoms with Crippen molar-refractivity contribution in [3.05, 3.63) is 95.2 Å². The summed E-state index contributed by atoms with van der Waals surface area (Å²) in [4.78, 5) is 27.2. The summed E-state index contributed by atoms with van der Waals surface area (Å²) in [5.74, 6) is -2.60. The maximum Gasteiger partial charge on any atom is 0.282 e. The van der Waals surface area contributed by atoms with E-state index in [0.29, 0.717) is 21.9 Å². The van der Waals surface area contributed by atoms with Gasteiger partial charge in [-0.2, -0.15) is 0 Å². The van der Waals surface area contributed by atoms with Gasteiger partial charge in [-0.25, -0.2) is 13.7 Å². The van der Waals surface area contributed by atoms with Crippen molar-refractivity contribution in [2.45, 2.75) is 6.92 Å². The summed E-state index contributed by atoms with van der Waals surface area (Å²) < 4.78 is 33.4. The van der Waals surface area contributed by atoms with E-state index in [0.717, 1.165) is 23.8 Å². The third-order valence-electron chi connectivity index (χ3n) is 5.02. The van der Waals surface area contributed by atoms with E-state index in [4.69, 9.17) is 4.74 Å². The van der Waals surface area contributed by atoms with Gasteiger partial charge < -0.3 is 10.1 Å². The lowest BCUT2D eigenvalue weighted by Crippen LogP contribution is -2.33. The monoisotopic (exact) mass is 420 g/mol. The van der Waals surface area contributed by atoms with Gasteiger partial charge in [-0.15, -0.1) is 0 Å². The maximum absolute atomic E-state index is 14.4. The first-order valence-electron chi connectivity index (χ1n) is 9.46. The minimum absolute atomic E-state index is 0.0203. The highest BCUT2D eigenvalue weighted by atomic mass is 19.1. The summed E-state index contributed by atoms with van der Waals surface area (Å²) in [5, 5.41) is 3.02. The first kappa shape index (κ1) is 20.3. The van der Waals surface area contributed by atoms with Crippen LogP contribution in [0.4, 0.5) is 20.2 Å². The van der Waals surface area contributed by atoms with Crippen LogP contribution < -0.4 is 15.0 Å². The van der Waals surface area contributed by atoms with E-state index in [1.807, 2.05) is 19.1 Å². The molecule has 31 heavy (non-hydrogen) atoms. The molecule has 0 saturated carbocycles. The van der Waals surface area contributed by atoms with Gasteiger partial charge >= 0.3 is 0 Å². The molecule has 1 aliphatic heterocycles. The number of nitrogens with one attached hydrogen (secondary N) is 1. The van der Waals surface area contributed by atoms with E-state index in [-0.39, 0.29) is 11.3 Å². The average Bonchev–Trinajstić information content (AvgIpc) is 3.01. The lowest BCUT2D eigenvalue weighted by molar-refractivity contribution is -0.120. The number of imide groups is 1. The highest BCUT2D eigenvalue weighted by Crippen LogP contribution is 2.36. The predicted octanol–water partition coefficient (Wildman–Crippen LogP) is 4.68. The van der Waals surface area contributed by atoms with Crippen LogP contribution in [0.3, 0.4) is 0 Å². The number of hydrogen-bond acceptors (Lipinski definition) is 4. The third kappa shape index (κ3) is 3.66. The summed E-state index contributed by atoms with van der Waals surface area (Å²) in [6, 6.07) is 16.4. The van der Waals surface area contributed by atoms with Gasteiger partial charge in [0.15, 0.2) is 0 Å². The van der Waals surface area contributed by atoms with E-state index in [2.05, 4.69) is 5.32 Å². The zero-order valence-electron chi connectivity index (χ0n) is 16.8. The largest absolute Gasteiger partial charge is 0.497 e. The van der Waals surface area contributed by atoms with Crippen LogP contribution in [0.5, 0.6) is 5.75 Å². The molecule has 1 heterocycles. The lowest BCUT2D eigenvalue weighted by atomic mass is 10.0. The number of hydrogen-bond donors (Lipinski definition) is 1. The number of rotatable bonds is 5. The van der Waals surface area contributed by atoms with Gasteiger partial charge in [-0.05, 0) is 48.4 Å². The van der Waals surface area contributed by atoms with E-state index in [1.165, 1.54) is 7.11 Å². The molecule has 1 N–H and O–H groups in total. The van der Waals surface area contributed by atoms with E-state index in [1.54, 1.807) is 36.4 Å². The van der Waals surface area contributed by atoms with E-state index < -0.39 is 29.1 Å². The topological polar surface area (TPSA) is 58.6 Å². The second kappa shape index (κ2) is 8.02. The van der Waals surface area contributed by atoms with Crippen molar-refractivity contribution in [2.75, 3.05) is 17.3 Å². The van der Waals surface area contributed by atoms with Crippen LogP contribution in [0.2, 0.25) is 0 Å². The van der Waals surface area contributed by atoms with Gasteiger partial charge in [-0.3, -0.25) is 9.59 Å². The molecule has 156 valence electrons. The van der Waals surface area contributed by atoms with Crippen LogP contribution in [0.1, 0.15) is 11.1 Å². The summed E-state index contributed by atoms with van der Waals surface area (Å²) in [6.45, 7) is 1.85. The van der Waals surface area contributed by atoms with Crippen molar-refractivity contribution in [1.82, 2.24) is 0 Å². The van der Waals surface area contributed by atoms with Crippen molar-refractivity contribution in [3.8, 4) is 5.75 Å². The molecular formula is C24H18F2N2O3. The number of para-hydroxylation sites is 1. The maximum atomic E-state index is 14.4. The molecule has 0 spiro atoms.